The van der Waals surface area contributed by atoms with E-state index in [9.17, 15) is 9.59 Å². The zero-order valence-corrected chi connectivity index (χ0v) is 12.2. The molecule has 110 valence electrons. The molecule has 0 aromatic heterocycles. The van der Waals surface area contributed by atoms with Gasteiger partial charge in [0, 0.05) is 12.6 Å². The van der Waals surface area contributed by atoms with E-state index in [0.29, 0.717) is 6.54 Å². The highest BCUT2D eigenvalue weighted by molar-refractivity contribution is 5.78. The van der Waals surface area contributed by atoms with E-state index in [2.05, 4.69) is 5.32 Å². The van der Waals surface area contributed by atoms with E-state index in [4.69, 9.17) is 9.47 Å². The van der Waals surface area contributed by atoms with Crippen LogP contribution in [0.5, 0.6) is 0 Å². The SMILES string of the molecule is COC(=O)N(CC(=O)OC(C)(C)C)CC1CCCN1. The third-order valence-electron chi connectivity index (χ3n) is 2.78. The van der Waals surface area contributed by atoms with Crippen molar-refractivity contribution >= 4 is 12.1 Å². The van der Waals surface area contributed by atoms with Crippen molar-refractivity contribution in [3.05, 3.63) is 0 Å². The van der Waals surface area contributed by atoms with Crippen molar-refractivity contribution in [3.63, 3.8) is 0 Å². The molecule has 1 atom stereocenters. The van der Waals surface area contributed by atoms with Crippen LogP contribution in [-0.2, 0) is 14.3 Å². The molecule has 1 saturated heterocycles. The highest BCUT2D eigenvalue weighted by Crippen LogP contribution is 2.10. The molecule has 1 fully saturated rings. The zero-order chi connectivity index (χ0) is 14.5. The van der Waals surface area contributed by atoms with Crippen molar-refractivity contribution in [1.82, 2.24) is 10.2 Å². The normalized spacial score (nSPS) is 19.1. The Labute approximate surface area is 114 Å². The largest absolute Gasteiger partial charge is 0.459 e. The van der Waals surface area contributed by atoms with Crippen LogP contribution in [0.2, 0.25) is 0 Å². The number of methoxy groups -OCH3 is 1. The van der Waals surface area contributed by atoms with Crippen LogP contribution in [0, 0.1) is 0 Å². The number of nitrogens with zero attached hydrogens (tertiary/aromatic N) is 1. The summed E-state index contributed by atoms with van der Waals surface area (Å²) in [6, 6.07) is 0.224. The number of ether oxygens (including phenoxy) is 2. The van der Waals surface area contributed by atoms with Gasteiger partial charge in [0.05, 0.1) is 7.11 Å². The number of rotatable bonds is 4. The minimum atomic E-state index is -0.551. The average Bonchev–Trinajstić information content (AvgIpc) is 2.77. The number of hydrogen-bond acceptors (Lipinski definition) is 5. The van der Waals surface area contributed by atoms with Crippen molar-refractivity contribution < 1.29 is 19.1 Å². The van der Waals surface area contributed by atoms with E-state index in [-0.39, 0.29) is 12.6 Å². The molecule has 0 aromatic carbocycles. The third kappa shape index (κ3) is 5.92. The van der Waals surface area contributed by atoms with Gasteiger partial charge in [-0.05, 0) is 40.2 Å². The van der Waals surface area contributed by atoms with Gasteiger partial charge < -0.3 is 14.8 Å². The quantitative estimate of drug-likeness (QED) is 0.778. The first-order valence-electron chi connectivity index (χ1n) is 6.60. The molecular weight excluding hydrogens is 248 g/mol. The molecule has 0 aromatic rings. The highest BCUT2D eigenvalue weighted by Gasteiger charge is 2.26. The van der Waals surface area contributed by atoms with Gasteiger partial charge >= 0.3 is 12.1 Å². The summed E-state index contributed by atoms with van der Waals surface area (Å²) in [6.45, 7) is 6.73. The Bertz CT molecular complexity index is 319. The molecule has 0 aliphatic carbocycles. The fourth-order valence-electron chi connectivity index (χ4n) is 2.04. The van der Waals surface area contributed by atoms with E-state index in [1.54, 1.807) is 20.8 Å². The fraction of sp³-hybridized carbons (Fsp3) is 0.846. The van der Waals surface area contributed by atoms with Crippen LogP contribution in [-0.4, -0.2) is 55.3 Å². The standard InChI is InChI=1S/C13H24N2O4/c1-13(2,3)19-11(16)9-15(12(17)18-4)8-10-6-5-7-14-10/h10,14H,5-9H2,1-4H3. The lowest BCUT2D eigenvalue weighted by Crippen LogP contribution is -2.44. The Morgan fingerprint density at radius 1 is 1.37 bits per heavy atom. The lowest BCUT2D eigenvalue weighted by Gasteiger charge is -2.26. The maximum atomic E-state index is 11.8. The van der Waals surface area contributed by atoms with Crippen LogP contribution in [0.25, 0.3) is 0 Å². The van der Waals surface area contributed by atoms with Crippen molar-refractivity contribution in [2.45, 2.75) is 45.3 Å². The van der Waals surface area contributed by atoms with Gasteiger partial charge in [-0.15, -0.1) is 0 Å². The van der Waals surface area contributed by atoms with Crippen molar-refractivity contribution in [1.29, 1.82) is 0 Å². The van der Waals surface area contributed by atoms with E-state index < -0.39 is 17.7 Å². The van der Waals surface area contributed by atoms with Gasteiger partial charge in [0.2, 0.25) is 0 Å². The monoisotopic (exact) mass is 272 g/mol. The van der Waals surface area contributed by atoms with Crippen molar-refractivity contribution in [2.75, 3.05) is 26.7 Å². The maximum Gasteiger partial charge on any atom is 0.410 e. The Balaban J connectivity index is 2.53. The lowest BCUT2D eigenvalue weighted by atomic mass is 10.2. The summed E-state index contributed by atoms with van der Waals surface area (Å²) in [6.07, 6.45) is 1.59. The number of esters is 1. The molecule has 1 aliphatic rings. The third-order valence-corrected chi connectivity index (χ3v) is 2.78. The molecule has 19 heavy (non-hydrogen) atoms. The van der Waals surface area contributed by atoms with E-state index in [1.165, 1.54) is 12.0 Å². The fourth-order valence-corrected chi connectivity index (χ4v) is 2.04. The molecule has 6 nitrogen and oxygen atoms in total. The van der Waals surface area contributed by atoms with Gasteiger partial charge in [-0.2, -0.15) is 0 Å². The first-order valence-corrected chi connectivity index (χ1v) is 6.60. The van der Waals surface area contributed by atoms with E-state index in [0.717, 1.165) is 19.4 Å². The molecule has 0 radical (unpaired) electrons. The minimum absolute atomic E-state index is 0.0812. The van der Waals surface area contributed by atoms with Crippen LogP contribution in [0.15, 0.2) is 0 Å². The zero-order valence-electron chi connectivity index (χ0n) is 12.2. The van der Waals surface area contributed by atoms with Gasteiger partial charge in [0.25, 0.3) is 0 Å². The Hall–Kier alpha value is -1.30. The predicted octanol–water partition coefficient (Wildman–Crippen LogP) is 1.15. The smallest absolute Gasteiger partial charge is 0.410 e. The predicted molar refractivity (Wildman–Crippen MR) is 70.8 cm³/mol. The Morgan fingerprint density at radius 3 is 2.53 bits per heavy atom. The Kier molecular flexibility index (Phi) is 5.60. The molecule has 1 N–H and O–H groups in total. The van der Waals surface area contributed by atoms with Crippen LogP contribution < -0.4 is 5.32 Å². The van der Waals surface area contributed by atoms with Crippen molar-refractivity contribution in [3.8, 4) is 0 Å². The summed E-state index contributed by atoms with van der Waals surface area (Å²) >= 11 is 0. The second kappa shape index (κ2) is 6.75. The molecular formula is C13H24N2O4. The van der Waals surface area contributed by atoms with Crippen LogP contribution in [0.3, 0.4) is 0 Å². The number of amides is 1. The number of carbonyl (C=O) groups excluding carboxylic acids is 2. The summed E-state index contributed by atoms with van der Waals surface area (Å²) in [5.41, 5.74) is -0.551. The molecule has 6 heteroatoms. The molecule has 1 amide bonds. The second-order valence-corrected chi connectivity index (χ2v) is 5.73. The van der Waals surface area contributed by atoms with Gasteiger partial charge in [0.1, 0.15) is 12.1 Å². The first kappa shape index (κ1) is 15.8. The van der Waals surface area contributed by atoms with Gasteiger partial charge in [0.15, 0.2) is 0 Å². The second-order valence-electron chi connectivity index (χ2n) is 5.73. The van der Waals surface area contributed by atoms with E-state index >= 15 is 0 Å². The highest BCUT2D eigenvalue weighted by atomic mass is 16.6. The summed E-state index contributed by atoms with van der Waals surface area (Å²) in [5, 5.41) is 3.29. The maximum absolute atomic E-state index is 11.8. The Morgan fingerprint density at radius 2 is 2.05 bits per heavy atom. The first-order chi connectivity index (χ1) is 8.81. The minimum Gasteiger partial charge on any atom is -0.459 e. The molecule has 1 heterocycles. The van der Waals surface area contributed by atoms with Gasteiger partial charge in [-0.3, -0.25) is 9.69 Å². The molecule has 0 spiro atoms. The van der Waals surface area contributed by atoms with E-state index in [1.807, 2.05) is 0 Å². The van der Waals surface area contributed by atoms with Crippen LogP contribution in [0.1, 0.15) is 33.6 Å². The average molecular weight is 272 g/mol. The van der Waals surface area contributed by atoms with Gasteiger partial charge in [-0.1, -0.05) is 0 Å². The van der Waals surface area contributed by atoms with Crippen LogP contribution in [0.4, 0.5) is 4.79 Å². The molecule has 1 aliphatic heterocycles. The summed E-state index contributed by atoms with van der Waals surface area (Å²) < 4.78 is 9.92. The number of nitrogens with one attached hydrogen (secondary N) is 1. The van der Waals surface area contributed by atoms with Gasteiger partial charge in [-0.25, -0.2) is 4.79 Å². The van der Waals surface area contributed by atoms with Crippen molar-refractivity contribution in [2.24, 2.45) is 0 Å². The molecule has 1 rings (SSSR count). The molecule has 0 bridgehead atoms. The summed E-state index contributed by atoms with van der Waals surface area (Å²) in [4.78, 5) is 24.8. The topological polar surface area (TPSA) is 67.9 Å². The number of hydrogen-bond donors (Lipinski definition) is 1. The summed E-state index contributed by atoms with van der Waals surface area (Å²) in [5.74, 6) is -0.420. The van der Waals surface area contributed by atoms with Crippen LogP contribution >= 0.6 is 0 Å². The lowest BCUT2D eigenvalue weighted by molar-refractivity contribution is -0.155. The molecule has 0 saturated carbocycles. The number of carbonyl (C=O) groups is 2. The summed E-state index contributed by atoms with van der Waals surface area (Å²) in [7, 11) is 1.31. The molecule has 1 unspecified atom stereocenters.